The Bertz CT molecular complexity index is 619. The van der Waals surface area contributed by atoms with E-state index < -0.39 is 0 Å². The van der Waals surface area contributed by atoms with E-state index in [0.29, 0.717) is 12.1 Å². The molecule has 1 atom stereocenters. The van der Waals surface area contributed by atoms with Crippen molar-refractivity contribution < 1.29 is 4.79 Å². The molecule has 0 fully saturated rings. The first-order valence-corrected chi connectivity index (χ1v) is 8.02. The van der Waals surface area contributed by atoms with Crippen LogP contribution in [0.3, 0.4) is 0 Å². The van der Waals surface area contributed by atoms with Gasteiger partial charge in [-0.15, -0.1) is 36.2 Å². The van der Waals surface area contributed by atoms with Gasteiger partial charge in [-0.2, -0.15) is 0 Å². The Morgan fingerprint density at radius 1 is 1.35 bits per heavy atom. The summed E-state index contributed by atoms with van der Waals surface area (Å²) in [6, 6.07) is 7.87. The number of hydrogen-bond donors (Lipinski definition) is 2. The summed E-state index contributed by atoms with van der Waals surface area (Å²) in [5.74, 6) is -0.0464. The first kappa shape index (κ1) is 21.9. The van der Waals surface area contributed by atoms with Gasteiger partial charge in [0.15, 0.2) is 0 Å². The number of carbonyl (C=O) groups excluding carboxylic acids is 1. The Morgan fingerprint density at radius 3 is 2.70 bits per heavy atom. The summed E-state index contributed by atoms with van der Waals surface area (Å²) in [6.07, 6.45) is 0. The van der Waals surface area contributed by atoms with Gasteiger partial charge in [-0.3, -0.25) is 4.79 Å². The van der Waals surface area contributed by atoms with Crippen LogP contribution in [0.25, 0.3) is 10.6 Å². The predicted molar refractivity (Wildman–Crippen MR) is 102 cm³/mol. The van der Waals surface area contributed by atoms with Gasteiger partial charge in [0.05, 0.1) is 0 Å². The van der Waals surface area contributed by atoms with Crippen LogP contribution >= 0.6 is 36.2 Å². The van der Waals surface area contributed by atoms with Crippen molar-refractivity contribution in [2.45, 2.75) is 26.8 Å². The number of carbonyl (C=O) groups is 1. The van der Waals surface area contributed by atoms with E-state index in [2.05, 4.69) is 29.5 Å². The Hall–Kier alpha value is -1.14. The van der Waals surface area contributed by atoms with Crippen molar-refractivity contribution in [2.24, 2.45) is 0 Å². The molecule has 0 radical (unpaired) electrons. The maximum Gasteiger partial charge on any atom is 0.251 e. The number of likely N-dealkylation sites (N-methyl/N-ethyl adjacent to an activating group) is 1. The number of aryl methyl sites for hydroxylation is 1. The number of hydrogen-bond acceptors (Lipinski definition) is 4. The lowest BCUT2D eigenvalue weighted by Gasteiger charge is -2.13. The number of rotatable bonds is 6. The number of nitrogens with zero attached hydrogens (tertiary/aromatic N) is 1. The van der Waals surface area contributed by atoms with Crippen molar-refractivity contribution in [3.8, 4) is 10.6 Å². The minimum absolute atomic E-state index is 0. The highest BCUT2D eigenvalue weighted by Crippen LogP contribution is 2.24. The van der Waals surface area contributed by atoms with E-state index in [9.17, 15) is 4.79 Å². The molecular weight excluding hydrogens is 353 g/mol. The summed E-state index contributed by atoms with van der Waals surface area (Å²) < 4.78 is 0. The molecule has 0 bridgehead atoms. The third kappa shape index (κ3) is 6.47. The van der Waals surface area contributed by atoms with Gasteiger partial charge in [-0.1, -0.05) is 19.1 Å². The van der Waals surface area contributed by atoms with Gasteiger partial charge in [0, 0.05) is 34.8 Å². The Kier molecular flexibility index (Phi) is 10.1. The third-order valence-electron chi connectivity index (χ3n) is 3.11. The average Bonchev–Trinajstić information content (AvgIpc) is 2.92. The van der Waals surface area contributed by atoms with E-state index >= 15 is 0 Å². The molecule has 0 spiro atoms. The lowest BCUT2D eigenvalue weighted by molar-refractivity contribution is 0.0950. The van der Waals surface area contributed by atoms with Crippen LogP contribution in [0.5, 0.6) is 0 Å². The Balaban J connectivity index is 0.00000242. The van der Waals surface area contributed by atoms with Gasteiger partial charge in [-0.05, 0) is 32.5 Å². The monoisotopic (exact) mass is 375 g/mol. The number of nitrogens with one attached hydrogen (secondary N) is 2. The maximum atomic E-state index is 12.2. The molecule has 2 N–H and O–H groups in total. The van der Waals surface area contributed by atoms with Crippen molar-refractivity contribution in [1.29, 1.82) is 0 Å². The van der Waals surface area contributed by atoms with E-state index in [4.69, 9.17) is 0 Å². The number of thiazole rings is 1. The van der Waals surface area contributed by atoms with Crippen molar-refractivity contribution in [3.63, 3.8) is 0 Å². The van der Waals surface area contributed by atoms with Crippen LogP contribution in [-0.2, 0) is 0 Å². The van der Waals surface area contributed by atoms with Crippen molar-refractivity contribution in [2.75, 3.05) is 13.1 Å². The normalized spacial score (nSPS) is 11.1. The van der Waals surface area contributed by atoms with Crippen molar-refractivity contribution >= 4 is 42.1 Å². The SMILES string of the molecule is CCN[C@H](C)CNC(=O)c1cccc(-c2nc(C)cs2)c1.Cl.Cl. The van der Waals surface area contributed by atoms with Gasteiger partial charge < -0.3 is 10.6 Å². The zero-order valence-corrected chi connectivity index (χ0v) is 15.9. The van der Waals surface area contributed by atoms with Crippen LogP contribution in [0.1, 0.15) is 29.9 Å². The smallest absolute Gasteiger partial charge is 0.251 e. The Labute approximate surface area is 153 Å². The number of aromatic nitrogens is 1. The topological polar surface area (TPSA) is 54.0 Å². The average molecular weight is 376 g/mol. The zero-order chi connectivity index (χ0) is 15.2. The highest BCUT2D eigenvalue weighted by atomic mass is 35.5. The highest BCUT2D eigenvalue weighted by molar-refractivity contribution is 7.13. The summed E-state index contributed by atoms with van der Waals surface area (Å²) in [4.78, 5) is 16.6. The molecule has 0 saturated carbocycles. The maximum absolute atomic E-state index is 12.2. The second kappa shape index (κ2) is 10.6. The molecule has 0 aliphatic heterocycles. The predicted octanol–water partition coefficient (Wildman–Crippen LogP) is 3.69. The summed E-state index contributed by atoms with van der Waals surface area (Å²) in [5.41, 5.74) is 2.66. The Morgan fingerprint density at radius 2 is 2.09 bits per heavy atom. The van der Waals surface area contributed by atoms with Gasteiger partial charge in [-0.25, -0.2) is 4.98 Å². The molecule has 1 amide bonds. The fourth-order valence-corrected chi connectivity index (χ4v) is 2.84. The summed E-state index contributed by atoms with van der Waals surface area (Å²) in [5, 5.41) is 9.18. The summed E-state index contributed by atoms with van der Waals surface area (Å²) >= 11 is 1.60. The van der Waals surface area contributed by atoms with Crippen LogP contribution < -0.4 is 10.6 Å². The minimum atomic E-state index is -0.0464. The van der Waals surface area contributed by atoms with Crippen molar-refractivity contribution in [1.82, 2.24) is 15.6 Å². The number of halogens is 2. The molecule has 0 unspecified atom stereocenters. The van der Waals surface area contributed by atoms with E-state index in [1.807, 2.05) is 36.6 Å². The summed E-state index contributed by atoms with van der Waals surface area (Å²) in [6.45, 7) is 7.60. The molecule has 0 saturated heterocycles. The molecule has 2 aromatic rings. The molecule has 128 valence electrons. The second-order valence-electron chi connectivity index (χ2n) is 5.04. The van der Waals surface area contributed by atoms with E-state index in [-0.39, 0.29) is 36.8 Å². The molecule has 0 aliphatic carbocycles. The largest absolute Gasteiger partial charge is 0.350 e. The molecule has 1 aromatic heterocycles. The van der Waals surface area contributed by atoms with Gasteiger partial charge in [0.25, 0.3) is 5.91 Å². The van der Waals surface area contributed by atoms with Crippen molar-refractivity contribution in [3.05, 3.63) is 40.9 Å². The van der Waals surface area contributed by atoms with Crippen LogP contribution in [-0.4, -0.2) is 30.0 Å². The van der Waals surface area contributed by atoms with Crippen LogP contribution in [0, 0.1) is 6.92 Å². The molecular formula is C16H23Cl2N3OS. The van der Waals surface area contributed by atoms with E-state index in [1.54, 1.807) is 11.3 Å². The second-order valence-corrected chi connectivity index (χ2v) is 5.90. The van der Waals surface area contributed by atoms with Gasteiger partial charge in [0.2, 0.25) is 0 Å². The standard InChI is InChI=1S/C16H21N3OS.2ClH/c1-4-17-11(2)9-18-15(20)13-6-5-7-14(8-13)16-19-12(3)10-21-16;;/h5-8,10-11,17H,4,9H2,1-3H3,(H,18,20);2*1H/t11-;;/m1../s1. The van der Waals surface area contributed by atoms with Crippen LogP contribution in [0.2, 0.25) is 0 Å². The molecule has 1 heterocycles. The number of amides is 1. The first-order chi connectivity index (χ1) is 10.1. The first-order valence-electron chi connectivity index (χ1n) is 7.14. The number of benzene rings is 1. The molecule has 2 rings (SSSR count). The van der Waals surface area contributed by atoms with Gasteiger partial charge >= 0.3 is 0 Å². The lowest BCUT2D eigenvalue weighted by Crippen LogP contribution is -2.38. The molecule has 0 aliphatic rings. The molecule has 7 heteroatoms. The fourth-order valence-electron chi connectivity index (χ4n) is 2.05. The van der Waals surface area contributed by atoms with E-state index in [1.165, 1.54) is 0 Å². The van der Waals surface area contributed by atoms with E-state index in [0.717, 1.165) is 22.8 Å². The summed E-state index contributed by atoms with van der Waals surface area (Å²) in [7, 11) is 0. The van der Waals surface area contributed by atoms with Gasteiger partial charge in [0.1, 0.15) is 5.01 Å². The minimum Gasteiger partial charge on any atom is -0.350 e. The lowest BCUT2D eigenvalue weighted by atomic mass is 10.1. The van der Waals surface area contributed by atoms with Crippen LogP contribution in [0.4, 0.5) is 0 Å². The molecule has 4 nitrogen and oxygen atoms in total. The molecule has 23 heavy (non-hydrogen) atoms. The van der Waals surface area contributed by atoms with Crippen LogP contribution in [0.15, 0.2) is 29.6 Å². The molecule has 1 aromatic carbocycles. The zero-order valence-electron chi connectivity index (χ0n) is 13.5. The highest BCUT2D eigenvalue weighted by Gasteiger charge is 2.09. The quantitative estimate of drug-likeness (QED) is 0.809. The fraction of sp³-hybridized carbons (Fsp3) is 0.375. The third-order valence-corrected chi connectivity index (χ3v) is 4.12.